The first kappa shape index (κ1) is 17.6. The predicted octanol–water partition coefficient (Wildman–Crippen LogP) is 1.95. The zero-order valence-electron chi connectivity index (χ0n) is 14.9. The average Bonchev–Trinajstić information content (AvgIpc) is 3.22. The molecule has 4 atom stereocenters. The van der Waals surface area contributed by atoms with Crippen LogP contribution in [0.5, 0.6) is 11.5 Å². The molecule has 2 saturated carbocycles. The number of nitrogens with one attached hydrogen (secondary N) is 1. The lowest BCUT2D eigenvalue weighted by Crippen LogP contribution is -2.47. The van der Waals surface area contributed by atoms with Crippen molar-refractivity contribution in [1.29, 1.82) is 0 Å². The second-order valence-corrected chi connectivity index (χ2v) is 6.84. The zero-order valence-corrected chi connectivity index (χ0v) is 14.9. The molecule has 1 amide bonds. The highest BCUT2D eigenvalue weighted by Crippen LogP contribution is 2.48. The molecule has 6 heteroatoms. The molecule has 0 unspecified atom stereocenters. The predicted molar refractivity (Wildman–Crippen MR) is 91.5 cm³/mol. The summed E-state index contributed by atoms with van der Waals surface area (Å²) in [4.78, 5) is 24.6. The fourth-order valence-electron chi connectivity index (χ4n) is 4.39. The highest BCUT2D eigenvalue weighted by atomic mass is 16.5. The topological polar surface area (TPSA) is 73.9 Å². The molecule has 6 nitrogen and oxygen atoms in total. The second kappa shape index (κ2) is 7.33. The summed E-state index contributed by atoms with van der Waals surface area (Å²) in [6.07, 6.45) is 3.36. The number of carbonyl (C=O) groups is 2. The van der Waals surface area contributed by atoms with Crippen LogP contribution in [0.3, 0.4) is 0 Å². The third-order valence-corrected chi connectivity index (χ3v) is 5.53. The van der Waals surface area contributed by atoms with Gasteiger partial charge in [0, 0.05) is 6.04 Å². The van der Waals surface area contributed by atoms with Crippen LogP contribution in [-0.2, 0) is 20.7 Å². The normalized spacial score (nSPS) is 27.0. The number of hydrogen-bond donors (Lipinski definition) is 1. The molecule has 1 aromatic rings. The van der Waals surface area contributed by atoms with Crippen molar-refractivity contribution < 1.29 is 23.8 Å². The van der Waals surface area contributed by atoms with Crippen molar-refractivity contribution in [3.63, 3.8) is 0 Å². The van der Waals surface area contributed by atoms with Crippen LogP contribution in [0.2, 0.25) is 0 Å². The van der Waals surface area contributed by atoms with E-state index in [1.165, 1.54) is 7.11 Å². The van der Waals surface area contributed by atoms with Crippen molar-refractivity contribution in [2.24, 2.45) is 17.8 Å². The zero-order chi connectivity index (χ0) is 18.0. The monoisotopic (exact) mass is 347 g/mol. The largest absolute Gasteiger partial charge is 0.493 e. The molecule has 0 radical (unpaired) electrons. The van der Waals surface area contributed by atoms with Crippen molar-refractivity contribution in [2.75, 3.05) is 21.3 Å². The highest BCUT2D eigenvalue weighted by Gasteiger charge is 2.51. The number of esters is 1. The van der Waals surface area contributed by atoms with E-state index in [2.05, 4.69) is 5.32 Å². The molecule has 136 valence electrons. The van der Waals surface area contributed by atoms with E-state index in [9.17, 15) is 9.59 Å². The van der Waals surface area contributed by atoms with Gasteiger partial charge in [-0.15, -0.1) is 0 Å². The Morgan fingerprint density at radius 3 is 2.48 bits per heavy atom. The minimum absolute atomic E-state index is 0.0846. The number of amides is 1. The molecule has 1 aromatic carbocycles. The molecule has 0 spiro atoms. The summed E-state index contributed by atoms with van der Waals surface area (Å²) < 4.78 is 15.4. The maximum atomic E-state index is 12.5. The van der Waals surface area contributed by atoms with Gasteiger partial charge in [-0.1, -0.05) is 6.07 Å². The molecule has 2 bridgehead atoms. The lowest BCUT2D eigenvalue weighted by molar-refractivity contribution is -0.148. The number of methoxy groups -OCH3 is 3. The quantitative estimate of drug-likeness (QED) is 0.796. The van der Waals surface area contributed by atoms with Crippen molar-refractivity contribution in [3.8, 4) is 11.5 Å². The minimum atomic E-state index is -0.210. The summed E-state index contributed by atoms with van der Waals surface area (Å²) in [6, 6.07) is 5.33. The van der Waals surface area contributed by atoms with Crippen LogP contribution in [0.15, 0.2) is 18.2 Å². The summed E-state index contributed by atoms with van der Waals surface area (Å²) in [5, 5.41) is 3.08. The van der Waals surface area contributed by atoms with Crippen LogP contribution < -0.4 is 14.8 Å². The Morgan fingerprint density at radius 1 is 1.08 bits per heavy atom. The average molecular weight is 347 g/mol. The van der Waals surface area contributed by atoms with Crippen LogP contribution in [0.25, 0.3) is 0 Å². The van der Waals surface area contributed by atoms with Gasteiger partial charge < -0.3 is 19.5 Å². The van der Waals surface area contributed by atoms with Gasteiger partial charge >= 0.3 is 5.97 Å². The number of carbonyl (C=O) groups excluding carboxylic acids is 2. The molecule has 2 aliphatic rings. The van der Waals surface area contributed by atoms with Crippen molar-refractivity contribution >= 4 is 11.9 Å². The molecule has 0 aliphatic heterocycles. The third kappa shape index (κ3) is 3.43. The number of fused-ring (bicyclic) bond motifs is 2. The molecule has 2 aliphatic carbocycles. The van der Waals surface area contributed by atoms with Gasteiger partial charge in [-0.05, 0) is 48.8 Å². The smallest absolute Gasteiger partial charge is 0.311 e. The van der Waals surface area contributed by atoms with Crippen LogP contribution in [0, 0.1) is 17.8 Å². The van der Waals surface area contributed by atoms with Gasteiger partial charge in [-0.25, -0.2) is 0 Å². The third-order valence-electron chi connectivity index (χ3n) is 5.53. The molecular weight excluding hydrogens is 322 g/mol. The van der Waals surface area contributed by atoms with Crippen LogP contribution >= 0.6 is 0 Å². The summed E-state index contributed by atoms with van der Waals surface area (Å²) in [6.45, 7) is 0. The van der Waals surface area contributed by atoms with E-state index < -0.39 is 0 Å². The molecule has 0 aromatic heterocycles. The summed E-state index contributed by atoms with van der Waals surface area (Å²) in [7, 11) is 4.56. The van der Waals surface area contributed by atoms with Gasteiger partial charge in [-0.3, -0.25) is 9.59 Å². The van der Waals surface area contributed by atoms with Gasteiger partial charge in [0.05, 0.1) is 33.7 Å². The fourth-order valence-corrected chi connectivity index (χ4v) is 4.39. The van der Waals surface area contributed by atoms with E-state index >= 15 is 0 Å². The number of benzene rings is 1. The number of hydrogen-bond acceptors (Lipinski definition) is 5. The fraction of sp³-hybridized carbons (Fsp3) is 0.579. The van der Waals surface area contributed by atoms with Gasteiger partial charge in [0.15, 0.2) is 11.5 Å². The van der Waals surface area contributed by atoms with Crippen LogP contribution in [0.1, 0.15) is 24.8 Å². The van der Waals surface area contributed by atoms with Gasteiger partial charge in [0.1, 0.15) is 0 Å². The molecule has 0 saturated heterocycles. The standard InChI is InChI=1S/C19H25NO5/c1-23-14-7-4-11(8-15(14)24-2)9-16(21)20-18-13-6-5-12(10-13)17(18)19(22)25-3/h4,7-8,12-13,17-18H,5-6,9-10H2,1-3H3,(H,20,21)/t12-,13-,17-,18+/m0/s1. The SMILES string of the molecule is COC(=O)[C@H]1[C@H]2CC[C@@H](C2)[C@H]1NC(=O)Cc1ccc(OC)c(OC)c1. The number of ether oxygens (including phenoxy) is 3. The van der Waals surface area contributed by atoms with Crippen molar-refractivity contribution in [2.45, 2.75) is 31.7 Å². The molecule has 0 heterocycles. The molecular formula is C19H25NO5. The Balaban J connectivity index is 1.67. The van der Waals surface area contributed by atoms with E-state index in [0.717, 1.165) is 24.8 Å². The maximum Gasteiger partial charge on any atom is 0.311 e. The lowest BCUT2D eigenvalue weighted by Gasteiger charge is -2.29. The lowest BCUT2D eigenvalue weighted by atomic mass is 9.84. The van der Waals surface area contributed by atoms with E-state index in [-0.39, 0.29) is 30.3 Å². The Bertz CT molecular complexity index is 659. The Morgan fingerprint density at radius 2 is 1.80 bits per heavy atom. The Kier molecular flexibility index (Phi) is 5.16. The Labute approximate surface area is 147 Å². The highest BCUT2D eigenvalue weighted by molar-refractivity contribution is 5.81. The van der Waals surface area contributed by atoms with E-state index in [4.69, 9.17) is 14.2 Å². The van der Waals surface area contributed by atoms with Crippen molar-refractivity contribution in [1.82, 2.24) is 5.32 Å². The minimum Gasteiger partial charge on any atom is -0.493 e. The Hall–Kier alpha value is -2.24. The first-order chi connectivity index (χ1) is 12.1. The van der Waals surface area contributed by atoms with Gasteiger partial charge in [-0.2, -0.15) is 0 Å². The first-order valence-electron chi connectivity index (χ1n) is 8.65. The first-order valence-corrected chi connectivity index (χ1v) is 8.65. The van der Waals surface area contributed by atoms with Gasteiger partial charge in [0.25, 0.3) is 0 Å². The van der Waals surface area contributed by atoms with E-state index in [1.807, 2.05) is 6.07 Å². The number of rotatable bonds is 6. The summed E-state index contributed by atoms with van der Waals surface area (Å²) >= 11 is 0. The molecule has 1 N–H and O–H groups in total. The molecule has 3 rings (SSSR count). The van der Waals surface area contributed by atoms with E-state index in [1.54, 1.807) is 26.4 Å². The van der Waals surface area contributed by atoms with Crippen LogP contribution in [-0.4, -0.2) is 39.2 Å². The maximum absolute atomic E-state index is 12.5. The van der Waals surface area contributed by atoms with Crippen LogP contribution in [0.4, 0.5) is 0 Å². The molecule has 2 fully saturated rings. The molecule has 25 heavy (non-hydrogen) atoms. The second-order valence-electron chi connectivity index (χ2n) is 6.84. The van der Waals surface area contributed by atoms with Gasteiger partial charge in [0.2, 0.25) is 5.91 Å². The summed E-state index contributed by atoms with van der Waals surface area (Å²) in [5.41, 5.74) is 0.841. The summed E-state index contributed by atoms with van der Waals surface area (Å²) in [5.74, 6) is 1.44. The van der Waals surface area contributed by atoms with Crippen molar-refractivity contribution in [3.05, 3.63) is 23.8 Å². The van der Waals surface area contributed by atoms with E-state index in [0.29, 0.717) is 23.3 Å².